The van der Waals surface area contributed by atoms with Crippen molar-refractivity contribution in [2.45, 2.75) is 26.7 Å². The highest BCUT2D eigenvalue weighted by Crippen LogP contribution is 2.41. The average molecular weight is 284 g/mol. The molecule has 0 fully saturated rings. The summed E-state index contributed by atoms with van der Waals surface area (Å²) in [5, 5.41) is 22.6. The Labute approximate surface area is 123 Å². The second kappa shape index (κ2) is 5.41. The fraction of sp³-hybridized carbons (Fsp3) is 0.250. The smallest absolute Gasteiger partial charge is 0.0975 e. The molecule has 1 N–H and O–H groups in total. The molecule has 1 heterocycles. The lowest BCUT2D eigenvalue weighted by Gasteiger charge is -2.27. The molecule has 100 valence electrons. The number of halogens is 1. The zero-order valence-corrected chi connectivity index (χ0v) is 12.3. The summed E-state index contributed by atoms with van der Waals surface area (Å²) < 4.78 is 0. The van der Waals surface area contributed by atoms with Crippen molar-refractivity contribution < 1.29 is 0 Å². The predicted molar refractivity (Wildman–Crippen MR) is 78.7 cm³/mol. The van der Waals surface area contributed by atoms with Crippen molar-refractivity contribution in [3.05, 3.63) is 56.9 Å². The number of nitrogens with zero attached hydrogens (tertiary/aromatic N) is 2. The van der Waals surface area contributed by atoms with Crippen LogP contribution in [0.15, 0.2) is 40.7 Å². The number of hydrogen-bond donors (Lipinski definition) is 1. The molecule has 1 aliphatic heterocycles. The first-order chi connectivity index (χ1) is 9.51. The first-order valence-corrected chi connectivity index (χ1v) is 6.62. The molecule has 0 saturated carbocycles. The third kappa shape index (κ3) is 2.18. The van der Waals surface area contributed by atoms with Crippen LogP contribution in [0.1, 0.15) is 30.9 Å². The van der Waals surface area contributed by atoms with Gasteiger partial charge in [-0.3, -0.25) is 0 Å². The van der Waals surface area contributed by atoms with Crippen LogP contribution in [-0.2, 0) is 0 Å². The molecule has 3 nitrogen and oxygen atoms in total. The number of allylic oxidation sites excluding steroid dienone is 4. The zero-order chi connectivity index (χ0) is 14.9. The van der Waals surface area contributed by atoms with Gasteiger partial charge in [-0.15, -0.1) is 0 Å². The van der Waals surface area contributed by atoms with Crippen molar-refractivity contribution in [2.24, 2.45) is 0 Å². The zero-order valence-electron chi connectivity index (χ0n) is 11.6. The molecule has 4 heteroatoms. The van der Waals surface area contributed by atoms with E-state index >= 15 is 0 Å². The molecule has 1 aromatic rings. The van der Waals surface area contributed by atoms with Gasteiger partial charge in [-0.1, -0.05) is 23.7 Å². The van der Waals surface area contributed by atoms with Gasteiger partial charge in [-0.05, 0) is 38.0 Å². The molecule has 0 radical (unpaired) electrons. The summed E-state index contributed by atoms with van der Waals surface area (Å²) in [6, 6.07) is 10.0. The van der Waals surface area contributed by atoms with E-state index in [4.69, 9.17) is 11.6 Å². The topological polar surface area (TPSA) is 59.6 Å². The van der Waals surface area contributed by atoms with Crippen LogP contribution < -0.4 is 5.32 Å². The molecule has 0 atom stereocenters. The molecule has 20 heavy (non-hydrogen) atoms. The first kappa shape index (κ1) is 14.2. The monoisotopic (exact) mass is 283 g/mol. The minimum atomic E-state index is -0.389. The normalized spacial score (nSPS) is 15.7. The molecule has 2 rings (SSSR count). The van der Waals surface area contributed by atoms with E-state index in [-0.39, 0.29) is 5.92 Å². The molecule has 0 aromatic heterocycles. The number of hydrogen-bond acceptors (Lipinski definition) is 3. The van der Waals surface area contributed by atoms with Crippen molar-refractivity contribution in [3.63, 3.8) is 0 Å². The van der Waals surface area contributed by atoms with E-state index in [9.17, 15) is 10.5 Å². The largest absolute Gasteiger partial charge is 0.361 e. The highest BCUT2D eigenvalue weighted by Gasteiger charge is 2.31. The fourth-order valence-electron chi connectivity index (χ4n) is 2.59. The van der Waals surface area contributed by atoms with Gasteiger partial charge in [0.1, 0.15) is 0 Å². The van der Waals surface area contributed by atoms with E-state index in [1.54, 1.807) is 6.07 Å². The molecule has 0 unspecified atom stereocenters. The molecule has 0 spiro atoms. The van der Waals surface area contributed by atoms with E-state index in [1.807, 2.05) is 32.9 Å². The van der Waals surface area contributed by atoms with Crippen LogP contribution in [0.3, 0.4) is 0 Å². The molecular formula is C16H14ClN3. The molecule has 0 bridgehead atoms. The van der Waals surface area contributed by atoms with E-state index < -0.39 is 0 Å². The summed E-state index contributed by atoms with van der Waals surface area (Å²) in [5.74, 6) is -0.389. The van der Waals surface area contributed by atoms with Crippen molar-refractivity contribution in [2.75, 3.05) is 0 Å². The second-order valence-electron chi connectivity index (χ2n) is 4.83. The third-order valence-electron chi connectivity index (χ3n) is 3.56. The maximum absolute atomic E-state index is 9.45. The summed E-state index contributed by atoms with van der Waals surface area (Å²) in [4.78, 5) is 0. The van der Waals surface area contributed by atoms with Gasteiger partial charge in [0.25, 0.3) is 0 Å². The van der Waals surface area contributed by atoms with Gasteiger partial charge in [0.2, 0.25) is 0 Å². The Bertz CT molecular complexity index is 658. The Balaban J connectivity index is 2.77. The van der Waals surface area contributed by atoms with Crippen LogP contribution in [-0.4, -0.2) is 0 Å². The molecule has 0 saturated heterocycles. The Kier molecular flexibility index (Phi) is 3.84. The number of aryl methyl sites for hydroxylation is 1. The second-order valence-corrected chi connectivity index (χ2v) is 5.24. The maximum Gasteiger partial charge on any atom is 0.0975 e. The SMILES string of the molecule is CC1=C(C#N)C(c2c(C)cccc2Cl)C(C#N)=C(C)N1. The number of nitriles is 2. The first-order valence-electron chi connectivity index (χ1n) is 6.25. The summed E-state index contributed by atoms with van der Waals surface area (Å²) in [7, 11) is 0. The Morgan fingerprint density at radius 3 is 2.05 bits per heavy atom. The van der Waals surface area contributed by atoms with Crippen LogP contribution in [0.4, 0.5) is 0 Å². The fourth-order valence-corrected chi connectivity index (χ4v) is 2.92. The summed E-state index contributed by atoms with van der Waals surface area (Å²) in [6.07, 6.45) is 0. The lowest BCUT2D eigenvalue weighted by atomic mass is 9.80. The van der Waals surface area contributed by atoms with Crippen molar-refractivity contribution in [1.82, 2.24) is 5.32 Å². The van der Waals surface area contributed by atoms with Crippen LogP contribution in [0.5, 0.6) is 0 Å². The molecule has 0 aliphatic carbocycles. The van der Waals surface area contributed by atoms with Gasteiger partial charge in [-0.25, -0.2) is 0 Å². The average Bonchev–Trinajstić information content (AvgIpc) is 2.38. The van der Waals surface area contributed by atoms with Crippen molar-refractivity contribution in [1.29, 1.82) is 10.5 Å². The molecule has 1 aromatic carbocycles. The summed E-state index contributed by atoms with van der Waals surface area (Å²) >= 11 is 6.32. The van der Waals surface area contributed by atoms with Gasteiger partial charge >= 0.3 is 0 Å². The van der Waals surface area contributed by atoms with E-state index in [0.717, 1.165) is 22.5 Å². The van der Waals surface area contributed by atoms with Gasteiger partial charge in [0, 0.05) is 16.4 Å². The molecular weight excluding hydrogens is 270 g/mol. The van der Waals surface area contributed by atoms with Gasteiger partial charge in [0.15, 0.2) is 0 Å². The predicted octanol–water partition coefficient (Wildman–Crippen LogP) is 3.93. The lowest BCUT2D eigenvalue weighted by molar-refractivity contribution is 0.810. The summed E-state index contributed by atoms with van der Waals surface area (Å²) in [5.41, 5.74) is 4.45. The number of dihydropyridines is 1. The quantitative estimate of drug-likeness (QED) is 0.849. The minimum absolute atomic E-state index is 0.389. The van der Waals surface area contributed by atoms with E-state index in [0.29, 0.717) is 16.2 Å². The van der Waals surface area contributed by atoms with E-state index in [2.05, 4.69) is 17.5 Å². The highest BCUT2D eigenvalue weighted by molar-refractivity contribution is 6.31. The van der Waals surface area contributed by atoms with Crippen LogP contribution >= 0.6 is 11.6 Å². The van der Waals surface area contributed by atoms with Crippen molar-refractivity contribution >= 4 is 11.6 Å². The summed E-state index contributed by atoms with van der Waals surface area (Å²) in [6.45, 7) is 5.63. The molecule has 0 amide bonds. The standard InChI is InChI=1S/C16H14ClN3/c1-9-5-4-6-14(17)15(9)16-12(7-18)10(2)20-11(3)13(16)8-19/h4-6,16,20H,1-3H3. The minimum Gasteiger partial charge on any atom is -0.361 e. The maximum atomic E-state index is 9.45. The van der Waals surface area contributed by atoms with Crippen LogP contribution in [0, 0.1) is 29.6 Å². The Morgan fingerprint density at radius 1 is 1.05 bits per heavy atom. The van der Waals surface area contributed by atoms with Gasteiger partial charge in [-0.2, -0.15) is 10.5 Å². The van der Waals surface area contributed by atoms with Gasteiger partial charge < -0.3 is 5.32 Å². The van der Waals surface area contributed by atoms with E-state index in [1.165, 1.54) is 0 Å². The number of benzene rings is 1. The van der Waals surface area contributed by atoms with Crippen LogP contribution in [0.25, 0.3) is 0 Å². The van der Waals surface area contributed by atoms with Gasteiger partial charge in [0.05, 0.1) is 29.2 Å². The highest BCUT2D eigenvalue weighted by atomic mass is 35.5. The Hall–Kier alpha value is -2.23. The van der Waals surface area contributed by atoms with Crippen molar-refractivity contribution in [3.8, 4) is 12.1 Å². The number of nitrogens with one attached hydrogen (secondary N) is 1. The molecule has 1 aliphatic rings. The van der Waals surface area contributed by atoms with Crippen LogP contribution in [0.2, 0.25) is 5.02 Å². The Morgan fingerprint density at radius 2 is 1.60 bits per heavy atom. The third-order valence-corrected chi connectivity index (χ3v) is 3.89. The lowest BCUT2D eigenvalue weighted by Crippen LogP contribution is -2.24. The number of rotatable bonds is 1.